The molecule has 9 nitrogen and oxygen atoms in total. The van der Waals surface area contributed by atoms with Gasteiger partial charge in [0.25, 0.3) is 0 Å². The third kappa shape index (κ3) is 5.63. The summed E-state index contributed by atoms with van der Waals surface area (Å²) in [6.45, 7) is 1.68. The number of ether oxygens (including phenoxy) is 1. The normalized spacial score (nSPS) is 10.6. The Balaban J connectivity index is 1.80. The molecule has 0 saturated heterocycles. The van der Waals surface area contributed by atoms with Crippen LogP contribution < -0.4 is 33.0 Å². The maximum atomic E-state index is 5.97. The molecule has 0 aliphatic carbocycles. The molecule has 0 unspecified atom stereocenters. The molecule has 29 heavy (non-hydrogen) atoms. The Morgan fingerprint density at radius 2 is 1.76 bits per heavy atom. The Morgan fingerprint density at radius 1 is 0.966 bits per heavy atom. The molecule has 0 radical (unpaired) electrons. The standard InChI is InChI=1S/C20H25N7O2/c21-19(22)26-8-7-25-11-15-9-14(5-6-16(15)28-12-27-20(23)24)18-10-13-3-1-2-4-17(13)29-18/h1-6,9-10,25H,7-8,11-12H2,(H4,21,22,26)(H4,23,24,27). The van der Waals surface area contributed by atoms with E-state index in [-0.39, 0.29) is 18.6 Å². The van der Waals surface area contributed by atoms with Crippen molar-refractivity contribution in [2.24, 2.45) is 32.9 Å². The van der Waals surface area contributed by atoms with Crippen LogP contribution in [0.25, 0.3) is 22.3 Å². The number of benzene rings is 2. The Morgan fingerprint density at radius 3 is 2.52 bits per heavy atom. The van der Waals surface area contributed by atoms with E-state index in [4.69, 9.17) is 32.1 Å². The molecule has 0 fully saturated rings. The number of rotatable bonds is 9. The van der Waals surface area contributed by atoms with Gasteiger partial charge < -0.3 is 37.4 Å². The average molecular weight is 395 g/mol. The second-order valence-electron chi connectivity index (χ2n) is 6.31. The molecule has 0 amide bonds. The first-order valence-electron chi connectivity index (χ1n) is 9.09. The van der Waals surface area contributed by atoms with Crippen LogP contribution in [0.15, 0.2) is 62.9 Å². The lowest BCUT2D eigenvalue weighted by molar-refractivity contribution is 0.326. The number of guanidine groups is 2. The highest BCUT2D eigenvalue weighted by atomic mass is 16.5. The molecule has 0 saturated carbocycles. The Kier molecular flexibility index (Phi) is 6.54. The molecule has 3 rings (SSSR count). The Labute approximate surface area is 168 Å². The number of furan rings is 1. The van der Waals surface area contributed by atoms with Crippen molar-refractivity contribution in [1.29, 1.82) is 0 Å². The van der Waals surface area contributed by atoms with Crippen molar-refractivity contribution in [1.82, 2.24) is 5.32 Å². The van der Waals surface area contributed by atoms with Gasteiger partial charge >= 0.3 is 0 Å². The summed E-state index contributed by atoms with van der Waals surface area (Å²) in [6, 6.07) is 15.7. The van der Waals surface area contributed by atoms with E-state index < -0.39 is 0 Å². The van der Waals surface area contributed by atoms with E-state index >= 15 is 0 Å². The van der Waals surface area contributed by atoms with Crippen molar-refractivity contribution in [3.05, 3.63) is 54.1 Å². The summed E-state index contributed by atoms with van der Waals surface area (Å²) in [5.41, 5.74) is 24.1. The highest BCUT2D eigenvalue weighted by molar-refractivity contribution is 5.83. The van der Waals surface area contributed by atoms with Crippen LogP contribution in [0.2, 0.25) is 0 Å². The van der Waals surface area contributed by atoms with Crippen molar-refractivity contribution in [2.45, 2.75) is 6.54 Å². The predicted molar refractivity (Wildman–Crippen MR) is 115 cm³/mol. The number of fused-ring (bicyclic) bond motifs is 1. The van der Waals surface area contributed by atoms with Crippen LogP contribution in [0.4, 0.5) is 0 Å². The van der Waals surface area contributed by atoms with Crippen molar-refractivity contribution in [3.63, 3.8) is 0 Å². The summed E-state index contributed by atoms with van der Waals surface area (Å²) in [4.78, 5) is 7.82. The SMILES string of the molecule is NC(N)=NCCNCc1cc(-c2cc3ccccc3o2)ccc1OCN=C(N)N. The van der Waals surface area contributed by atoms with Gasteiger partial charge in [0.2, 0.25) is 0 Å². The lowest BCUT2D eigenvalue weighted by Gasteiger charge is -2.12. The highest BCUT2D eigenvalue weighted by Gasteiger charge is 2.10. The van der Waals surface area contributed by atoms with E-state index in [1.54, 1.807) is 0 Å². The van der Waals surface area contributed by atoms with Crippen LogP contribution in [0.5, 0.6) is 5.75 Å². The molecule has 1 aromatic heterocycles. The molecule has 1 heterocycles. The minimum Gasteiger partial charge on any atom is -0.471 e. The smallest absolute Gasteiger partial charge is 0.189 e. The number of nitrogens with one attached hydrogen (secondary N) is 1. The van der Waals surface area contributed by atoms with Crippen LogP contribution in [0, 0.1) is 0 Å². The zero-order chi connectivity index (χ0) is 20.6. The fourth-order valence-electron chi connectivity index (χ4n) is 2.80. The molecule has 3 aromatic rings. The lowest BCUT2D eigenvalue weighted by Crippen LogP contribution is -2.25. The summed E-state index contributed by atoms with van der Waals surface area (Å²) in [7, 11) is 0. The van der Waals surface area contributed by atoms with Gasteiger partial charge in [0, 0.05) is 29.6 Å². The highest BCUT2D eigenvalue weighted by Crippen LogP contribution is 2.31. The van der Waals surface area contributed by atoms with E-state index in [1.165, 1.54) is 0 Å². The fraction of sp³-hybridized carbons (Fsp3) is 0.200. The number of para-hydroxylation sites is 1. The maximum Gasteiger partial charge on any atom is 0.189 e. The van der Waals surface area contributed by atoms with E-state index in [1.807, 2.05) is 48.5 Å². The molecule has 0 bridgehead atoms. The average Bonchev–Trinajstić information content (AvgIpc) is 3.12. The number of hydrogen-bond donors (Lipinski definition) is 5. The van der Waals surface area contributed by atoms with E-state index in [0.29, 0.717) is 25.4 Å². The molecule has 152 valence electrons. The second kappa shape index (κ2) is 9.47. The second-order valence-corrected chi connectivity index (χ2v) is 6.31. The molecular weight excluding hydrogens is 370 g/mol. The number of nitrogens with two attached hydrogens (primary N) is 4. The molecular formula is C20H25N7O2. The third-order valence-electron chi connectivity index (χ3n) is 4.14. The molecule has 9 heteroatoms. The molecule has 9 N–H and O–H groups in total. The first-order chi connectivity index (χ1) is 14.0. The quantitative estimate of drug-likeness (QED) is 0.205. The van der Waals surface area contributed by atoms with E-state index in [9.17, 15) is 0 Å². The first kappa shape index (κ1) is 20.0. The van der Waals surface area contributed by atoms with Crippen LogP contribution in [0.3, 0.4) is 0 Å². The Hall–Kier alpha value is -3.72. The summed E-state index contributed by atoms with van der Waals surface area (Å²) in [6.07, 6.45) is 0. The molecule has 0 atom stereocenters. The maximum absolute atomic E-state index is 5.97. The minimum absolute atomic E-state index is 0.0270. The monoisotopic (exact) mass is 395 g/mol. The third-order valence-corrected chi connectivity index (χ3v) is 4.14. The van der Waals surface area contributed by atoms with Crippen LogP contribution in [-0.4, -0.2) is 31.7 Å². The van der Waals surface area contributed by atoms with Crippen LogP contribution >= 0.6 is 0 Å². The first-order valence-corrected chi connectivity index (χ1v) is 9.09. The zero-order valence-corrected chi connectivity index (χ0v) is 16.0. The molecule has 2 aromatic carbocycles. The minimum atomic E-state index is -0.0270. The van der Waals surface area contributed by atoms with Gasteiger partial charge in [0.1, 0.15) is 17.1 Å². The van der Waals surface area contributed by atoms with E-state index in [0.717, 1.165) is 27.9 Å². The van der Waals surface area contributed by atoms with Gasteiger partial charge in [-0.25, -0.2) is 4.99 Å². The van der Waals surface area contributed by atoms with Crippen molar-refractivity contribution < 1.29 is 9.15 Å². The van der Waals surface area contributed by atoms with Crippen molar-refractivity contribution >= 4 is 22.9 Å². The van der Waals surface area contributed by atoms with Gasteiger partial charge in [-0.05, 0) is 30.3 Å². The van der Waals surface area contributed by atoms with Gasteiger partial charge in [0.05, 0.1) is 6.54 Å². The molecule has 0 aliphatic heterocycles. The summed E-state index contributed by atoms with van der Waals surface area (Å²) < 4.78 is 11.7. The Bertz CT molecular complexity index is 986. The summed E-state index contributed by atoms with van der Waals surface area (Å²) in [5, 5.41) is 4.34. The van der Waals surface area contributed by atoms with Crippen LogP contribution in [0.1, 0.15) is 5.56 Å². The lowest BCUT2D eigenvalue weighted by atomic mass is 10.1. The summed E-state index contributed by atoms with van der Waals surface area (Å²) >= 11 is 0. The van der Waals surface area contributed by atoms with Gasteiger partial charge in [-0.1, -0.05) is 18.2 Å². The predicted octanol–water partition coefficient (Wildman–Crippen LogP) is 1.07. The number of hydrogen-bond acceptors (Lipinski definition) is 5. The fourth-order valence-corrected chi connectivity index (χ4v) is 2.80. The number of nitrogens with zero attached hydrogens (tertiary/aromatic N) is 2. The van der Waals surface area contributed by atoms with Gasteiger partial charge in [0.15, 0.2) is 18.6 Å². The van der Waals surface area contributed by atoms with Gasteiger partial charge in [-0.2, -0.15) is 0 Å². The van der Waals surface area contributed by atoms with Gasteiger partial charge in [-0.3, -0.25) is 4.99 Å². The topological polar surface area (TPSA) is 163 Å². The van der Waals surface area contributed by atoms with Crippen molar-refractivity contribution in [2.75, 3.05) is 19.8 Å². The zero-order valence-electron chi connectivity index (χ0n) is 16.0. The summed E-state index contributed by atoms with van der Waals surface area (Å²) in [5.74, 6) is 1.49. The molecule has 0 aliphatic rings. The van der Waals surface area contributed by atoms with Crippen molar-refractivity contribution in [3.8, 4) is 17.1 Å². The van der Waals surface area contributed by atoms with E-state index in [2.05, 4.69) is 15.3 Å². The van der Waals surface area contributed by atoms with Crippen LogP contribution in [-0.2, 0) is 6.54 Å². The van der Waals surface area contributed by atoms with Gasteiger partial charge in [-0.15, -0.1) is 0 Å². The largest absolute Gasteiger partial charge is 0.471 e. The number of aliphatic imine (C=N–C) groups is 2. The molecule has 0 spiro atoms.